The number of fused-ring (bicyclic) bond motifs is 1. The number of nitrogens with two attached hydrogens (primary N) is 1. The topological polar surface area (TPSA) is 201 Å². The minimum Gasteiger partial charge on any atom is -0.481 e. The third-order valence-corrected chi connectivity index (χ3v) is 11.2. The van der Waals surface area contributed by atoms with Gasteiger partial charge in [0, 0.05) is 18.5 Å². The number of unbranched alkanes of at least 4 members (excludes halogenated alkanes) is 1. The number of nitrogens with one attached hydrogen (secondary N) is 1. The molecule has 2 heterocycles. The van der Waals surface area contributed by atoms with Crippen LogP contribution in [0.2, 0.25) is 0 Å². The predicted octanol–water partition coefficient (Wildman–Crippen LogP) is 5.80. The number of urea groups is 1. The standard InChI is InChI=1S/C42H50N5O9P/c1-3-4-20-54-41(50)28(2)56-57(52,53)27-55-33-17-11-16-31(21-33)25-46-36(23-29-12-7-5-8-13-29)38(48)39(49)37(24-30-14-9-6-10-15-30)47(42(46)51)26-32-18-19-35-34(22-32)40(43)45-44-35/h5-19,21-22,28,36-39,48-49H,3-4,20,23-27H2,1-2H3,(H,52,53)(H3,43,44,45)/t28-,36+,37+,38-,39-/m0/s1. The molecule has 57 heavy (non-hydrogen) atoms. The van der Waals surface area contributed by atoms with Crippen LogP contribution in [0.5, 0.6) is 5.75 Å². The zero-order chi connectivity index (χ0) is 40.5. The molecule has 1 fully saturated rings. The van der Waals surface area contributed by atoms with Gasteiger partial charge in [0.25, 0.3) is 0 Å². The fourth-order valence-electron chi connectivity index (χ4n) is 7.03. The summed E-state index contributed by atoms with van der Waals surface area (Å²) in [6.45, 7) is 3.56. The molecule has 6 rings (SSSR count). The Labute approximate surface area is 331 Å². The molecule has 1 saturated heterocycles. The Bertz CT molecular complexity index is 2150. The van der Waals surface area contributed by atoms with Crippen molar-refractivity contribution in [2.75, 3.05) is 18.7 Å². The normalized spacial score (nSPS) is 20.2. The Morgan fingerprint density at radius 3 is 2.04 bits per heavy atom. The van der Waals surface area contributed by atoms with E-state index in [1.165, 1.54) is 6.92 Å². The number of amides is 2. The lowest BCUT2D eigenvalue weighted by Crippen LogP contribution is -2.50. The molecule has 302 valence electrons. The summed E-state index contributed by atoms with van der Waals surface area (Å²) >= 11 is 0. The fourth-order valence-corrected chi connectivity index (χ4v) is 7.99. The van der Waals surface area contributed by atoms with E-state index in [0.29, 0.717) is 23.2 Å². The molecule has 0 radical (unpaired) electrons. The van der Waals surface area contributed by atoms with Crippen LogP contribution in [0.15, 0.2) is 103 Å². The Hall–Kier alpha value is -5.24. The second-order valence-electron chi connectivity index (χ2n) is 14.3. The molecule has 14 nitrogen and oxygen atoms in total. The third kappa shape index (κ3) is 10.6. The average molecular weight is 800 g/mol. The molecule has 0 saturated carbocycles. The number of aliphatic hydroxyl groups excluding tert-OH is 2. The summed E-state index contributed by atoms with van der Waals surface area (Å²) in [6, 6.07) is 29.1. The highest BCUT2D eigenvalue weighted by Gasteiger charge is 2.46. The van der Waals surface area contributed by atoms with Crippen molar-refractivity contribution in [1.29, 1.82) is 0 Å². The Morgan fingerprint density at radius 1 is 0.860 bits per heavy atom. The van der Waals surface area contributed by atoms with E-state index in [1.807, 2.05) is 85.8 Å². The molecule has 1 aliphatic rings. The highest BCUT2D eigenvalue weighted by molar-refractivity contribution is 7.52. The van der Waals surface area contributed by atoms with Crippen molar-refractivity contribution in [3.8, 4) is 5.75 Å². The van der Waals surface area contributed by atoms with Crippen molar-refractivity contribution < 1.29 is 43.3 Å². The fraction of sp³-hybridized carbons (Fsp3) is 0.357. The van der Waals surface area contributed by atoms with Crippen LogP contribution >= 0.6 is 7.60 Å². The van der Waals surface area contributed by atoms with E-state index >= 15 is 4.79 Å². The van der Waals surface area contributed by atoms with Crippen molar-refractivity contribution in [1.82, 2.24) is 20.0 Å². The van der Waals surface area contributed by atoms with Crippen LogP contribution in [-0.2, 0) is 44.6 Å². The van der Waals surface area contributed by atoms with E-state index in [-0.39, 0.29) is 38.3 Å². The van der Waals surface area contributed by atoms with Crippen molar-refractivity contribution in [2.24, 2.45) is 0 Å². The monoisotopic (exact) mass is 799 g/mol. The Morgan fingerprint density at radius 2 is 1.44 bits per heavy atom. The van der Waals surface area contributed by atoms with Gasteiger partial charge in [-0.3, -0.25) is 14.2 Å². The first-order chi connectivity index (χ1) is 27.4. The number of anilines is 1. The number of aromatic nitrogens is 2. The molecule has 1 aromatic heterocycles. The van der Waals surface area contributed by atoms with Crippen LogP contribution in [0.1, 0.15) is 48.9 Å². The van der Waals surface area contributed by atoms with Gasteiger partial charge in [0.2, 0.25) is 0 Å². The lowest BCUT2D eigenvalue weighted by Gasteiger charge is -2.36. The summed E-state index contributed by atoms with van der Waals surface area (Å²) in [6.07, 6.45) is -2.71. The van der Waals surface area contributed by atoms with Crippen LogP contribution < -0.4 is 10.5 Å². The van der Waals surface area contributed by atoms with E-state index < -0.39 is 56.3 Å². The van der Waals surface area contributed by atoms with E-state index in [4.69, 9.17) is 19.7 Å². The van der Waals surface area contributed by atoms with E-state index in [2.05, 4.69) is 10.2 Å². The first kappa shape index (κ1) is 41.4. The quantitative estimate of drug-likeness (QED) is 0.0433. The molecule has 6 atom stereocenters. The highest BCUT2D eigenvalue weighted by atomic mass is 31.2. The van der Waals surface area contributed by atoms with Gasteiger partial charge in [-0.2, -0.15) is 5.10 Å². The average Bonchev–Trinajstić information content (AvgIpc) is 3.56. The maximum atomic E-state index is 15.1. The molecule has 0 aliphatic carbocycles. The maximum Gasteiger partial charge on any atom is 0.366 e. The minimum atomic E-state index is -4.40. The van der Waals surface area contributed by atoms with Gasteiger partial charge in [-0.25, -0.2) is 9.59 Å². The van der Waals surface area contributed by atoms with E-state index in [0.717, 1.165) is 28.6 Å². The number of aromatic amines is 1. The van der Waals surface area contributed by atoms with Gasteiger partial charge < -0.3 is 40.1 Å². The Kier molecular flexibility index (Phi) is 13.7. The minimum absolute atomic E-state index is 0.00644. The van der Waals surface area contributed by atoms with E-state index in [9.17, 15) is 24.5 Å². The Balaban J connectivity index is 1.30. The van der Waals surface area contributed by atoms with Crippen molar-refractivity contribution in [3.05, 3.63) is 125 Å². The molecule has 1 unspecified atom stereocenters. The number of nitrogen functional groups attached to an aromatic ring is 1. The first-order valence-electron chi connectivity index (χ1n) is 19.0. The summed E-state index contributed by atoms with van der Waals surface area (Å²) in [5.74, 6) is -0.207. The van der Waals surface area contributed by atoms with Gasteiger partial charge >= 0.3 is 19.6 Å². The van der Waals surface area contributed by atoms with Crippen molar-refractivity contribution in [3.63, 3.8) is 0 Å². The lowest BCUT2D eigenvalue weighted by molar-refractivity contribution is -0.151. The molecule has 0 spiro atoms. The molecule has 15 heteroatoms. The highest BCUT2D eigenvalue weighted by Crippen LogP contribution is 2.43. The molecule has 1 aliphatic heterocycles. The van der Waals surface area contributed by atoms with Gasteiger partial charge in [0.05, 0.1) is 24.2 Å². The van der Waals surface area contributed by atoms with Crippen LogP contribution in [0.25, 0.3) is 10.9 Å². The number of nitrogens with zero attached hydrogens (tertiary/aromatic N) is 3. The number of hydrogen-bond acceptors (Lipinski definition) is 10. The molecular formula is C42H50N5O9P. The van der Waals surface area contributed by atoms with Gasteiger partial charge in [-0.1, -0.05) is 92.2 Å². The molecular weight excluding hydrogens is 749 g/mol. The second kappa shape index (κ2) is 18.8. The number of carbonyl (C=O) groups excluding carboxylic acids is 2. The number of benzene rings is 4. The van der Waals surface area contributed by atoms with Crippen LogP contribution in [0.3, 0.4) is 0 Å². The predicted molar refractivity (Wildman–Crippen MR) is 215 cm³/mol. The van der Waals surface area contributed by atoms with Crippen LogP contribution in [0.4, 0.5) is 10.6 Å². The summed E-state index contributed by atoms with van der Waals surface area (Å²) in [7, 11) is -4.40. The summed E-state index contributed by atoms with van der Waals surface area (Å²) in [5, 5.41) is 31.9. The molecule has 0 bridgehead atoms. The van der Waals surface area contributed by atoms with Crippen molar-refractivity contribution >= 4 is 36.3 Å². The number of H-pyrrole nitrogens is 1. The summed E-state index contributed by atoms with van der Waals surface area (Å²) in [4.78, 5) is 41.1. The zero-order valence-electron chi connectivity index (χ0n) is 32.0. The smallest absolute Gasteiger partial charge is 0.366 e. The molecule has 5 aromatic rings. The summed E-state index contributed by atoms with van der Waals surface area (Å²) in [5.41, 5.74) is 9.97. The molecule has 6 N–H and O–H groups in total. The second-order valence-corrected chi connectivity index (χ2v) is 16.1. The van der Waals surface area contributed by atoms with Crippen LogP contribution in [-0.4, -0.2) is 90.5 Å². The third-order valence-electron chi connectivity index (χ3n) is 10.1. The van der Waals surface area contributed by atoms with Gasteiger partial charge in [0.1, 0.15) is 18.0 Å². The number of rotatable bonds is 17. The molecule has 4 aromatic carbocycles. The van der Waals surface area contributed by atoms with Crippen molar-refractivity contribution in [2.45, 2.75) is 83.0 Å². The SMILES string of the molecule is CCCCOC(=O)[C@H](C)OP(=O)(O)COc1cccc(CN2C(=O)N(Cc3ccc4[nH]nc(N)c4c3)[C@H](Cc3ccccc3)[C@H](O)[C@@H](O)[C@H]2Cc2ccccc2)c1. The van der Waals surface area contributed by atoms with E-state index in [1.54, 1.807) is 34.1 Å². The number of ether oxygens (including phenoxy) is 2. The van der Waals surface area contributed by atoms with Gasteiger partial charge in [-0.15, -0.1) is 0 Å². The number of carbonyl (C=O) groups is 2. The first-order valence-corrected chi connectivity index (χ1v) is 20.8. The van der Waals surface area contributed by atoms with Crippen LogP contribution in [0, 0.1) is 0 Å². The largest absolute Gasteiger partial charge is 0.481 e. The number of esters is 1. The van der Waals surface area contributed by atoms with Gasteiger partial charge in [0.15, 0.2) is 18.3 Å². The molecule has 2 amide bonds. The number of hydrogen-bond donors (Lipinski definition) is 5. The zero-order valence-corrected chi connectivity index (χ0v) is 32.9. The van der Waals surface area contributed by atoms with Gasteiger partial charge in [-0.05, 0) is 72.7 Å². The number of aliphatic hydroxyl groups is 2. The summed E-state index contributed by atoms with van der Waals surface area (Å²) < 4.78 is 28.9. The maximum absolute atomic E-state index is 15.1. The lowest BCUT2D eigenvalue weighted by atomic mass is 9.91.